The molecule has 2 saturated carbocycles. The number of carbonyl (C=O) groups is 1. The standard InChI is InChI=1S/C17H30N2O3/c1-3-22-15-11-14(20)17(15)7-9-19(10-8-17)16(21)18-12(2)13-5-4-6-13/h12-15,20H,3-11H2,1-2H3,(H,18,21)/t12-,14-,15-/m1/s1. The molecular weight excluding hydrogens is 280 g/mol. The molecule has 1 saturated heterocycles. The molecule has 1 spiro atoms. The number of nitrogens with zero attached hydrogens (tertiary/aromatic N) is 1. The highest BCUT2D eigenvalue weighted by Crippen LogP contribution is 2.50. The first-order chi connectivity index (χ1) is 10.6. The fourth-order valence-corrected chi connectivity index (χ4v) is 4.29. The molecule has 126 valence electrons. The van der Waals surface area contributed by atoms with Crippen LogP contribution >= 0.6 is 0 Å². The van der Waals surface area contributed by atoms with Gasteiger partial charge in [0.15, 0.2) is 0 Å². The number of aliphatic hydroxyl groups excluding tert-OH is 1. The first kappa shape index (κ1) is 16.1. The molecule has 3 rings (SSSR count). The van der Waals surface area contributed by atoms with E-state index in [2.05, 4.69) is 12.2 Å². The van der Waals surface area contributed by atoms with E-state index in [1.54, 1.807) is 0 Å². The van der Waals surface area contributed by atoms with E-state index in [9.17, 15) is 9.90 Å². The minimum absolute atomic E-state index is 0.0658. The molecule has 0 aromatic carbocycles. The number of amides is 2. The third-order valence-corrected chi connectivity index (χ3v) is 6.30. The van der Waals surface area contributed by atoms with Crippen molar-refractivity contribution in [3.8, 4) is 0 Å². The fraction of sp³-hybridized carbons (Fsp3) is 0.941. The largest absolute Gasteiger partial charge is 0.392 e. The molecule has 2 amide bonds. The molecule has 5 heteroatoms. The molecule has 3 aliphatic rings. The van der Waals surface area contributed by atoms with Crippen molar-refractivity contribution in [2.75, 3.05) is 19.7 Å². The summed E-state index contributed by atoms with van der Waals surface area (Å²) >= 11 is 0. The molecule has 0 aromatic rings. The lowest BCUT2D eigenvalue weighted by atomic mass is 9.58. The van der Waals surface area contributed by atoms with Crippen molar-refractivity contribution in [3.63, 3.8) is 0 Å². The summed E-state index contributed by atoms with van der Waals surface area (Å²) in [5, 5.41) is 13.4. The van der Waals surface area contributed by atoms with Crippen LogP contribution < -0.4 is 5.32 Å². The van der Waals surface area contributed by atoms with Crippen molar-refractivity contribution in [2.45, 2.75) is 70.6 Å². The van der Waals surface area contributed by atoms with Gasteiger partial charge in [-0.05, 0) is 45.4 Å². The second kappa shape index (κ2) is 6.36. The Labute approximate surface area is 133 Å². The predicted molar refractivity (Wildman–Crippen MR) is 84.6 cm³/mol. The van der Waals surface area contributed by atoms with Crippen molar-refractivity contribution in [1.82, 2.24) is 10.2 Å². The van der Waals surface area contributed by atoms with Crippen LogP contribution in [-0.4, -0.2) is 54.0 Å². The van der Waals surface area contributed by atoms with Crippen LogP contribution in [0.4, 0.5) is 4.79 Å². The molecule has 0 radical (unpaired) electrons. The molecule has 0 unspecified atom stereocenters. The zero-order chi connectivity index (χ0) is 15.7. The highest BCUT2D eigenvalue weighted by Gasteiger charge is 2.56. The number of rotatable bonds is 4. The number of urea groups is 1. The minimum atomic E-state index is -0.261. The van der Waals surface area contributed by atoms with Gasteiger partial charge in [0.2, 0.25) is 0 Å². The van der Waals surface area contributed by atoms with Gasteiger partial charge in [0.05, 0.1) is 12.2 Å². The molecule has 1 heterocycles. The quantitative estimate of drug-likeness (QED) is 0.836. The molecule has 3 atom stereocenters. The lowest BCUT2D eigenvalue weighted by Gasteiger charge is -2.56. The topological polar surface area (TPSA) is 61.8 Å². The second-order valence-electron chi connectivity index (χ2n) is 7.34. The number of ether oxygens (including phenoxy) is 1. The predicted octanol–water partition coefficient (Wildman–Crippen LogP) is 2.14. The van der Waals surface area contributed by atoms with Crippen molar-refractivity contribution < 1.29 is 14.6 Å². The van der Waals surface area contributed by atoms with Crippen molar-refractivity contribution in [2.24, 2.45) is 11.3 Å². The van der Waals surface area contributed by atoms with Gasteiger partial charge in [0, 0.05) is 37.6 Å². The number of piperidine rings is 1. The number of hydrogen-bond acceptors (Lipinski definition) is 3. The number of nitrogens with one attached hydrogen (secondary N) is 1. The Bertz CT molecular complexity index is 401. The van der Waals surface area contributed by atoms with Crippen LogP contribution in [0.25, 0.3) is 0 Å². The highest BCUT2D eigenvalue weighted by atomic mass is 16.5. The van der Waals surface area contributed by atoms with Crippen LogP contribution in [0.2, 0.25) is 0 Å². The first-order valence-electron chi connectivity index (χ1n) is 8.92. The Kier molecular flexibility index (Phi) is 4.64. The number of likely N-dealkylation sites (tertiary alicyclic amines) is 1. The van der Waals surface area contributed by atoms with Crippen LogP contribution in [0.3, 0.4) is 0 Å². The van der Waals surface area contributed by atoms with Gasteiger partial charge in [-0.25, -0.2) is 4.79 Å². The average molecular weight is 310 g/mol. The minimum Gasteiger partial charge on any atom is -0.392 e. The van der Waals surface area contributed by atoms with Gasteiger partial charge in [0.25, 0.3) is 0 Å². The van der Waals surface area contributed by atoms with Gasteiger partial charge in [-0.2, -0.15) is 0 Å². The Hall–Kier alpha value is -0.810. The van der Waals surface area contributed by atoms with Crippen LogP contribution in [0, 0.1) is 11.3 Å². The highest BCUT2D eigenvalue weighted by molar-refractivity contribution is 5.74. The van der Waals surface area contributed by atoms with Gasteiger partial charge in [0.1, 0.15) is 0 Å². The molecule has 3 fully saturated rings. The summed E-state index contributed by atoms with van der Waals surface area (Å²) in [5.74, 6) is 0.663. The van der Waals surface area contributed by atoms with E-state index >= 15 is 0 Å². The van der Waals surface area contributed by atoms with E-state index in [1.165, 1.54) is 19.3 Å². The first-order valence-corrected chi connectivity index (χ1v) is 8.92. The summed E-state index contributed by atoms with van der Waals surface area (Å²) < 4.78 is 5.78. The Morgan fingerprint density at radius 3 is 2.59 bits per heavy atom. The van der Waals surface area contributed by atoms with Crippen molar-refractivity contribution in [3.05, 3.63) is 0 Å². The summed E-state index contributed by atoms with van der Waals surface area (Å²) in [5.41, 5.74) is -0.105. The van der Waals surface area contributed by atoms with Gasteiger partial charge in [-0.15, -0.1) is 0 Å². The molecular formula is C17H30N2O3. The Morgan fingerprint density at radius 1 is 1.41 bits per heavy atom. The maximum atomic E-state index is 12.4. The molecule has 0 bridgehead atoms. The van der Waals surface area contributed by atoms with Crippen LogP contribution in [-0.2, 0) is 4.74 Å². The average Bonchev–Trinajstić information content (AvgIpc) is 2.45. The third-order valence-electron chi connectivity index (χ3n) is 6.30. The molecule has 2 aliphatic carbocycles. The van der Waals surface area contributed by atoms with Gasteiger partial charge in [-0.3, -0.25) is 0 Å². The van der Waals surface area contributed by atoms with Crippen molar-refractivity contribution in [1.29, 1.82) is 0 Å². The summed E-state index contributed by atoms with van der Waals surface area (Å²) in [6.07, 6.45) is 6.15. The molecule has 1 aliphatic heterocycles. The zero-order valence-corrected chi connectivity index (χ0v) is 13.9. The monoisotopic (exact) mass is 310 g/mol. The van der Waals surface area contributed by atoms with Gasteiger partial charge < -0.3 is 20.1 Å². The number of aliphatic hydroxyl groups is 1. The maximum absolute atomic E-state index is 12.4. The Morgan fingerprint density at radius 2 is 2.09 bits per heavy atom. The van der Waals surface area contributed by atoms with E-state index in [0.717, 1.165) is 32.4 Å². The zero-order valence-electron chi connectivity index (χ0n) is 13.9. The maximum Gasteiger partial charge on any atom is 0.317 e. The molecule has 22 heavy (non-hydrogen) atoms. The van der Waals surface area contributed by atoms with Crippen LogP contribution in [0.5, 0.6) is 0 Å². The van der Waals surface area contributed by atoms with Crippen LogP contribution in [0.15, 0.2) is 0 Å². The lowest BCUT2D eigenvalue weighted by Crippen LogP contribution is -2.63. The smallest absolute Gasteiger partial charge is 0.317 e. The van der Waals surface area contributed by atoms with E-state index < -0.39 is 0 Å². The number of carbonyl (C=O) groups excluding carboxylic acids is 1. The fourth-order valence-electron chi connectivity index (χ4n) is 4.29. The van der Waals surface area contributed by atoms with Crippen LogP contribution in [0.1, 0.15) is 52.4 Å². The van der Waals surface area contributed by atoms with Crippen molar-refractivity contribution >= 4 is 6.03 Å². The van der Waals surface area contributed by atoms with E-state index in [4.69, 9.17) is 4.74 Å². The summed E-state index contributed by atoms with van der Waals surface area (Å²) in [6.45, 7) is 6.27. The summed E-state index contributed by atoms with van der Waals surface area (Å²) in [7, 11) is 0. The lowest BCUT2D eigenvalue weighted by molar-refractivity contribution is -0.207. The SMILES string of the molecule is CCO[C@@H]1C[C@@H](O)C12CCN(C(=O)N[C@H](C)C1CCC1)CC2. The van der Waals surface area contributed by atoms with E-state index in [0.29, 0.717) is 12.5 Å². The molecule has 0 aromatic heterocycles. The van der Waals surface area contributed by atoms with E-state index in [1.807, 2.05) is 11.8 Å². The normalized spacial score (nSPS) is 32.2. The Balaban J connectivity index is 1.49. The summed E-state index contributed by atoms with van der Waals surface area (Å²) in [4.78, 5) is 14.3. The van der Waals surface area contributed by atoms with Gasteiger partial charge in [-0.1, -0.05) is 6.42 Å². The van der Waals surface area contributed by atoms with Gasteiger partial charge >= 0.3 is 6.03 Å². The summed E-state index contributed by atoms with van der Waals surface area (Å²) in [6, 6.07) is 0.346. The third kappa shape index (κ3) is 2.73. The molecule has 2 N–H and O–H groups in total. The van der Waals surface area contributed by atoms with E-state index in [-0.39, 0.29) is 29.7 Å². The molecule has 5 nitrogen and oxygen atoms in total. The number of hydrogen-bond donors (Lipinski definition) is 2. The second-order valence-corrected chi connectivity index (χ2v) is 7.34.